The molecule has 0 spiro atoms. The number of rotatable bonds is 3. The second kappa shape index (κ2) is 4.21. The fourth-order valence-corrected chi connectivity index (χ4v) is 1.86. The lowest BCUT2D eigenvalue weighted by Gasteiger charge is -2.07. The van der Waals surface area contributed by atoms with Gasteiger partial charge in [-0.25, -0.2) is 21.9 Å². The lowest BCUT2D eigenvalue weighted by molar-refractivity contribution is 0.267. The third-order valence-electron chi connectivity index (χ3n) is 1.87. The van der Waals surface area contributed by atoms with Crippen molar-refractivity contribution in [3.63, 3.8) is 0 Å². The van der Waals surface area contributed by atoms with Crippen molar-refractivity contribution < 1.29 is 22.3 Å². The molecule has 0 fully saturated rings. The Balaban J connectivity index is 3.48. The largest absolute Gasteiger partial charge is 0.391 e. The van der Waals surface area contributed by atoms with Gasteiger partial charge >= 0.3 is 0 Å². The van der Waals surface area contributed by atoms with Gasteiger partial charge in [0.15, 0.2) is 5.82 Å². The molecule has 0 heterocycles. The summed E-state index contributed by atoms with van der Waals surface area (Å²) in [5.74, 6) is -2.25. The lowest BCUT2D eigenvalue weighted by Crippen LogP contribution is -2.20. The van der Waals surface area contributed by atoms with E-state index in [1.807, 2.05) is 4.72 Å². The number of nitrogens with one attached hydrogen (secondary N) is 1. The van der Waals surface area contributed by atoms with Gasteiger partial charge in [-0.3, -0.25) is 0 Å². The van der Waals surface area contributed by atoms with Gasteiger partial charge in [0.05, 0.1) is 12.2 Å². The Morgan fingerprint density at radius 3 is 2.47 bits per heavy atom. The maximum atomic E-state index is 13.4. The Bertz CT molecular complexity index is 473. The van der Waals surface area contributed by atoms with E-state index in [9.17, 15) is 17.2 Å². The molecule has 0 atom stereocenters. The quantitative estimate of drug-likeness (QED) is 0.798. The average molecular weight is 237 g/mol. The van der Waals surface area contributed by atoms with Gasteiger partial charge in [0, 0.05) is 0 Å². The molecule has 0 aliphatic rings. The first-order chi connectivity index (χ1) is 6.94. The predicted octanol–water partition coefficient (Wildman–Crippen LogP) is 0.365. The normalized spacial score (nSPS) is 11.7. The van der Waals surface area contributed by atoms with E-state index < -0.39 is 38.7 Å². The molecule has 0 aliphatic heterocycles. The van der Waals surface area contributed by atoms with Crippen molar-refractivity contribution in [3.05, 3.63) is 29.3 Å². The molecule has 1 rings (SSSR count). The van der Waals surface area contributed by atoms with Crippen LogP contribution in [0.2, 0.25) is 0 Å². The fraction of sp³-hybridized carbons (Fsp3) is 0.250. The molecule has 0 radical (unpaired) electrons. The Labute approximate surface area is 85.6 Å². The highest BCUT2D eigenvalue weighted by molar-refractivity contribution is 7.89. The third kappa shape index (κ3) is 2.14. The Morgan fingerprint density at radius 2 is 2.00 bits per heavy atom. The van der Waals surface area contributed by atoms with Crippen LogP contribution in [0.1, 0.15) is 5.56 Å². The molecule has 0 aromatic heterocycles. The Hall–Kier alpha value is -1.05. The van der Waals surface area contributed by atoms with Gasteiger partial charge in [-0.05, 0) is 19.2 Å². The molecule has 0 bridgehead atoms. The standard InChI is InChI=1S/C8H9F2NO3S/c1-11-15(13,14)7-3-2-6(9)5(4-12)8(7)10/h2-3,11-12H,4H2,1H3. The van der Waals surface area contributed by atoms with Crippen LogP contribution in [0.5, 0.6) is 0 Å². The molecule has 0 amide bonds. The molecule has 2 N–H and O–H groups in total. The van der Waals surface area contributed by atoms with Crippen molar-refractivity contribution in [2.75, 3.05) is 7.05 Å². The van der Waals surface area contributed by atoms with E-state index >= 15 is 0 Å². The van der Waals surface area contributed by atoms with Crippen LogP contribution in [0.25, 0.3) is 0 Å². The van der Waals surface area contributed by atoms with E-state index in [0.717, 1.165) is 19.2 Å². The van der Waals surface area contributed by atoms with Crippen LogP contribution >= 0.6 is 0 Å². The molecule has 0 saturated heterocycles. The number of halogens is 2. The molecule has 15 heavy (non-hydrogen) atoms. The molecular weight excluding hydrogens is 228 g/mol. The van der Waals surface area contributed by atoms with Gasteiger partial charge in [0.2, 0.25) is 10.0 Å². The number of aliphatic hydroxyl groups excluding tert-OH is 1. The van der Waals surface area contributed by atoms with E-state index in [1.54, 1.807) is 0 Å². The molecule has 1 aromatic rings. The number of sulfonamides is 1. The highest BCUT2D eigenvalue weighted by Crippen LogP contribution is 2.20. The lowest BCUT2D eigenvalue weighted by atomic mass is 10.2. The summed E-state index contributed by atoms with van der Waals surface area (Å²) in [5, 5.41) is 8.67. The fourth-order valence-electron chi connectivity index (χ4n) is 1.04. The maximum Gasteiger partial charge on any atom is 0.243 e. The van der Waals surface area contributed by atoms with Crippen LogP contribution in [-0.4, -0.2) is 20.6 Å². The van der Waals surface area contributed by atoms with Crippen molar-refractivity contribution in [1.29, 1.82) is 0 Å². The molecule has 7 heteroatoms. The summed E-state index contributed by atoms with van der Waals surface area (Å²) < 4.78 is 50.7. The van der Waals surface area contributed by atoms with Crippen LogP contribution < -0.4 is 4.72 Å². The molecule has 0 aliphatic carbocycles. The molecule has 84 valence electrons. The monoisotopic (exact) mass is 237 g/mol. The van der Waals surface area contributed by atoms with Crippen molar-refractivity contribution in [3.8, 4) is 0 Å². The van der Waals surface area contributed by atoms with Crippen molar-refractivity contribution >= 4 is 10.0 Å². The van der Waals surface area contributed by atoms with Gasteiger partial charge < -0.3 is 5.11 Å². The highest BCUT2D eigenvalue weighted by Gasteiger charge is 2.21. The summed E-state index contributed by atoms with van der Waals surface area (Å²) in [6, 6.07) is 1.59. The zero-order valence-corrected chi connectivity index (χ0v) is 8.61. The van der Waals surface area contributed by atoms with Crippen LogP contribution in [0, 0.1) is 11.6 Å². The minimum atomic E-state index is -3.98. The zero-order chi connectivity index (χ0) is 11.6. The molecule has 0 unspecified atom stereocenters. The number of aliphatic hydroxyl groups is 1. The van der Waals surface area contributed by atoms with Crippen LogP contribution in [0.3, 0.4) is 0 Å². The second-order valence-corrected chi connectivity index (χ2v) is 4.56. The minimum Gasteiger partial charge on any atom is -0.391 e. The summed E-state index contributed by atoms with van der Waals surface area (Å²) in [7, 11) is -2.87. The first-order valence-corrected chi connectivity index (χ1v) is 5.43. The molecule has 1 aromatic carbocycles. The van der Waals surface area contributed by atoms with Gasteiger partial charge in [0.25, 0.3) is 0 Å². The van der Waals surface area contributed by atoms with E-state index in [1.165, 1.54) is 0 Å². The SMILES string of the molecule is CNS(=O)(=O)c1ccc(F)c(CO)c1F. The van der Waals surface area contributed by atoms with Crippen molar-refractivity contribution in [2.45, 2.75) is 11.5 Å². The van der Waals surface area contributed by atoms with Gasteiger partial charge in [-0.15, -0.1) is 0 Å². The third-order valence-corrected chi connectivity index (χ3v) is 3.30. The van der Waals surface area contributed by atoms with E-state index in [0.29, 0.717) is 0 Å². The first kappa shape index (κ1) is 12.0. The number of hydrogen-bond acceptors (Lipinski definition) is 3. The van der Waals surface area contributed by atoms with Crippen molar-refractivity contribution in [2.24, 2.45) is 0 Å². The molecule has 0 saturated carbocycles. The van der Waals surface area contributed by atoms with Gasteiger partial charge in [0.1, 0.15) is 10.7 Å². The average Bonchev–Trinajstić information content (AvgIpc) is 2.18. The van der Waals surface area contributed by atoms with Crippen LogP contribution in [-0.2, 0) is 16.6 Å². The highest BCUT2D eigenvalue weighted by atomic mass is 32.2. The van der Waals surface area contributed by atoms with E-state index in [4.69, 9.17) is 5.11 Å². The Morgan fingerprint density at radius 1 is 1.40 bits per heavy atom. The minimum absolute atomic E-state index is 0.661. The summed E-state index contributed by atoms with van der Waals surface area (Å²) >= 11 is 0. The van der Waals surface area contributed by atoms with Crippen LogP contribution in [0.4, 0.5) is 8.78 Å². The smallest absolute Gasteiger partial charge is 0.243 e. The summed E-state index contributed by atoms with van der Waals surface area (Å²) in [6.07, 6.45) is 0. The van der Waals surface area contributed by atoms with Crippen molar-refractivity contribution in [1.82, 2.24) is 4.72 Å². The summed E-state index contributed by atoms with van der Waals surface area (Å²) in [5.41, 5.74) is -0.661. The molecule has 4 nitrogen and oxygen atoms in total. The summed E-state index contributed by atoms with van der Waals surface area (Å²) in [4.78, 5) is -0.685. The Kier molecular flexibility index (Phi) is 3.38. The number of benzene rings is 1. The topological polar surface area (TPSA) is 66.4 Å². The summed E-state index contributed by atoms with van der Waals surface area (Å²) in [6.45, 7) is -0.898. The first-order valence-electron chi connectivity index (χ1n) is 3.95. The zero-order valence-electron chi connectivity index (χ0n) is 7.79. The molecular formula is C8H9F2NO3S. The maximum absolute atomic E-state index is 13.4. The second-order valence-electron chi connectivity index (χ2n) is 2.70. The van der Waals surface area contributed by atoms with Crippen LogP contribution in [0.15, 0.2) is 17.0 Å². The van der Waals surface area contributed by atoms with Gasteiger partial charge in [-0.1, -0.05) is 0 Å². The van der Waals surface area contributed by atoms with Gasteiger partial charge in [-0.2, -0.15) is 0 Å². The van der Waals surface area contributed by atoms with E-state index in [2.05, 4.69) is 0 Å². The number of hydrogen-bond donors (Lipinski definition) is 2. The van der Waals surface area contributed by atoms with E-state index in [-0.39, 0.29) is 0 Å². The predicted molar refractivity (Wildman–Crippen MR) is 48.5 cm³/mol.